The van der Waals surface area contributed by atoms with Gasteiger partial charge < -0.3 is 15.2 Å². The zero-order valence-corrected chi connectivity index (χ0v) is 9.22. The van der Waals surface area contributed by atoms with E-state index in [1.807, 2.05) is 0 Å². The Morgan fingerprint density at radius 3 is 2.39 bits per heavy atom. The van der Waals surface area contributed by atoms with Gasteiger partial charge in [-0.1, -0.05) is 30.3 Å². The van der Waals surface area contributed by atoms with Gasteiger partial charge in [-0.2, -0.15) is 0 Å². The van der Waals surface area contributed by atoms with Crippen LogP contribution in [0, 0.1) is 0 Å². The fourth-order valence-electron chi connectivity index (χ4n) is 1.15. The number of rotatable bonds is 5. The molecule has 1 aromatic carbocycles. The van der Waals surface area contributed by atoms with Crippen LogP contribution in [-0.2, 0) is 11.3 Å². The highest BCUT2D eigenvalue weighted by atomic mass is 19.3. The number of halogens is 3. The zero-order valence-electron chi connectivity index (χ0n) is 9.22. The molecule has 0 saturated carbocycles. The normalized spacial score (nSPS) is 14.1. The van der Waals surface area contributed by atoms with Gasteiger partial charge in [-0.3, -0.25) is 0 Å². The van der Waals surface area contributed by atoms with Crippen molar-refractivity contribution in [2.45, 2.75) is 25.4 Å². The molecule has 0 saturated heterocycles. The van der Waals surface area contributed by atoms with E-state index in [4.69, 9.17) is 5.11 Å². The fourth-order valence-corrected chi connectivity index (χ4v) is 1.15. The first-order chi connectivity index (χ1) is 8.50. The largest absolute Gasteiger partial charge is 0.445 e. The molecule has 4 nitrogen and oxygen atoms in total. The van der Waals surface area contributed by atoms with Gasteiger partial charge in [-0.15, -0.1) is 0 Å². The van der Waals surface area contributed by atoms with Gasteiger partial charge in [-0.05, 0) is 5.56 Å². The van der Waals surface area contributed by atoms with E-state index < -0.39 is 24.9 Å². The minimum Gasteiger partial charge on any atom is -0.445 e. The molecule has 0 heterocycles. The first-order valence-electron chi connectivity index (χ1n) is 5.08. The average molecular weight is 263 g/mol. The number of ether oxygens (including phenoxy) is 1. The van der Waals surface area contributed by atoms with E-state index >= 15 is 0 Å². The van der Waals surface area contributed by atoms with Crippen molar-refractivity contribution in [3.63, 3.8) is 0 Å². The molecule has 1 rings (SSSR count). The molecular formula is C11H12F3NO3. The molecule has 2 N–H and O–H groups in total. The minimum absolute atomic E-state index is 0.134. The SMILES string of the molecule is O=C(NC(C(O)F)C(F)F)OCc1ccccc1. The average Bonchev–Trinajstić information content (AvgIpc) is 2.34. The Morgan fingerprint density at radius 2 is 1.89 bits per heavy atom. The van der Waals surface area contributed by atoms with Crippen molar-refractivity contribution in [2.24, 2.45) is 0 Å². The molecule has 0 aliphatic rings. The number of aliphatic hydroxyl groups excluding tert-OH is 1. The number of aliphatic hydroxyl groups is 1. The van der Waals surface area contributed by atoms with Crippen LogP contribution in [0.4, 0.5) is 18.0 Å². The van der Waals surface area contributed by atoms with Crippen LogP contribution in [0.25, 0.3) is 0 Å². The maximum absolute atomic E-state index is 12.3. The maximum atomic E-state index is 12.3. The summed E-state index contributed by atoms with van der Waals surface area (Å²) in [6.07, 6.45) is -7.30. The predicted octanol–water partition coefficient (Wildman–Crippen LogP) is 1.83. The molecule has 0 radical (unpaired) electrons. The lowest BCUT2D eigenvalue weighted by Crippen LogP contribution is -2.46. The van der Waals surface area contributed by atoms with Crippen LogP contribution < -0.4 is 5.32 Å². The molecule has 0 aliphatic carbocycles. The summed E-state index contributed by atoms with van der Waals surface area (Å²) in [5.74, 6) is 0. The van der Waals surface area contributed by atoms with Crippen molar-refractivity contribution in [1.82, 2.24) is 5.32 Å². The number of hydrogen-bond donors (Lipinski definition) is 2. The standard InChI is InChI=1S/C11H12F3NO3/c12-9(13)8(10(14)16)15-11(17)18-6-7-4-2-1-3-5-7/h1-5,8-10,16H,6H2,(H,15,17). The third-order valence-corrected chi connectivity index (χ3v) is 2.07. The Balaban J connectivity index is 2.41. The number of amides is 1. The first kappa shape index (κ1) is 14.3. The van der Waals surface area contributed by atoms with Crippen molar-refractivity contribution in [1.29, 1.82) is 0 Å². The van der Waals surface area contributed by atoms with E-state index in [1.165, 1.54) is 0 Å². The molecule has 7 heteroatoms. The van der Waals surface area contributed by atoms with E-state index in [-0.39, 0.29) is 6.61 Å². The highest BCUT2D eigenvalue weighted by Gasteiger charge is 2.30. The molecule has 0 aliphatic heterocycles. The van der Waals surface area contributed by atoms with Crippen LogP contribution in [0.15, 0.2) is 30.3 Å². The van der Waals surface area contributed by atoms with Crippen LogP contribution in [0.2, 0.25) is 0 Å². The maximum Gasteiger partial charge on any atom is 0.408 e. The Hall–Kier alpha value is -1.76. The lowest BCUT2D eigenvalue weighted by molar-refractivity contribution is -0.0501. The van der Waals surface area contributed by atoms with Crippen LogP contribution in [-0.4, -0.2) is 30.0 Å². The predicted molar refractivity (Wildman–Crippen MR) is 56.7 cm³/mol. The highest BCUT2D eigenvalue weighted by molar-refractivity contribution is 5.67. The number of alkyl halides is 3. The van der Waals surface area contributed by atoms with Gasteiger partial charge in [0, 0.05) is 0 Å². The molecular weight excluding hydrogens is 251 g/mol. The first-order valence-corrected chi connectivity index (χ1v) is 5.08. The lowest BCUT2D eigenvalue weighted by atomic mass is 10.2. The quantitative estimate of drug-likeness (QED) is 0.852. The van der Waals surface area contributed by atoms with Crippen LogP contribution in [0.1, 0.15) is 5.56 Å². The van der Waals surface area contributed by atoms with Gasteiger partial charge in [-0.25, -0.2) is 18.0 Å². The third kappa shape index (κ3) is 4.62. The van der Waals surface area contributed by atoms with Crippen molar-refractivity contribution >= 4 is 6.09 Å². The molecule has 1 aromatic rings. The fraction of sp³-hybridized carbons (Fsp3) is 0.364. The number of carbonyl (C=O) groups excluding carboxylic acids is 1. The monoisotopic (exact) mass is 263 g/mol. The van der Waals surface area contributed by atoms with Gasteiger partial charge >= 0.3 is 6.09 Å². The molecule has 2 unspecified atom stereocenters. The molecule has 0 spiro atoms. The van der Waals surface area contributed by atoms with Gasteiger partial charge in [0.1, 0.15) is 12.6 Å². The zero-order chi connectivity index (χ0) is 13.5. The summed E-state index contributed by atoms with van der Waals surface area (Å²) < 4.78 is 41.3. The number of hydrogen-bond acceptors (Lipinski definition) is 3. The summed E-state index contributed by atoms with van der Waals surface area (Å²) in [6, 6.07) is 6.22. The molecule has 0 bridgehead atoms. The van der Waals surface area contributed by atoms with Gasteiger partial charge in [0.2, 0.25) is 6.36 Å². The number of carbonyl (C=O) groups is 1. The summed E-state index contributed by atoms with van der Waals surface area (Å²) in [5, 5.41) is 9.95. The second-order valence-electron chi connectivity index (χ2n) is 3.44. The summed E-state index contributed by atoms with van der Waals surface area (Å²) in [5.41, 5.74) is 0.655. The van der Waals surface area contributed by atoms with Gasteiger partial charge in [0.05, 0.1) is 0 Å². The summed E-state index contributed by atoms with van der Waals surface area (Å²) >= 11 is 0. The molecule has 2 atom stereocenters. The van der Waals surface area contributed by atoms with Crippen LogP contribution in [0.3, 0.4) is 0 Å². The second-order valence-corrected chi connectivity index (χ2v) is 3.44. The molecule has 1 amide bonds. The van der Waals surface area contributed by atoms with E-state index in [1.54, 1.807) is 35.6 Å². The van der Waals surface area contributed by atoms with E-state index in [0.29, 0.717) is 5.56 Å². The highest BCUT2D eigenvalue weighted by Crippen LogP contribution is 2.08. The summed E-state index contributed by atoms with van der Waals surface area (Å²) in [4.78, 5) is 11.1. The number of benzene rings is 1. The molecule has 0 fully saturated rings. The topological polar surface area (TPSA) is 58.6 Å². The smallest absolute Gasteiger partial charge is 0.408 e. The summed E-state index contributed by atoms with van der Waals surface area (Å²) in [6.45, 7) is -0.134. The number of alkyl carbamates (subject to hydrolysis) is 1. The van der Waals surface area contributed by atoms with E-state index in [0.717, 1.165) is 0 Å². The Labute approximate surface area is 101 Å². The van der Waals surface area contributed by atoms with Gasteiger partial charge in [0.25, 0.3) is 6.43 Å². The van der Waals surface area contributed by atoms with Crippen molar-refractivity contribution in [2.75, 3.05) is 0 Å². The molecule has 0 aromatic heterocycles. The molecule has 18 heavy (non-hydrogen) atoms. The minimum atomic E-state index is -3.23. The second kappa shape index (κ2) is 6.85. The van der Waals surface area contributed by atoms with Crippen molar-refractivity contribution in [3.05, 3.63) is 35.9 Å². The van der Waals surface area contributed by atoms with E-state index in [2.05, 4.69) is 4.74 Å². The van der Waals surface area contributed by atoms with Crippen molar-refractivity contribution in [3.8, 4) is 0 Å². The van der Waals surface area contributed by atoms with Crippen LogP contribution >= 0.6 is 0 Å². The molecule has 100 valence electrons. The number of nitrogens with one attached hydrogen (secondary N) is 1. The Bertz CT molecular complexity index is 365. The summed E-state index contributed by atoms with van der Waals surface area (Å²) in [7, 11) is 0. The van der Waals surface area contributed by atoms with Crippen molar-refractivity contribution < 1.29 is 27.8 Å². The third-order valence-electron chi connectivity index (χ3n) is 2.07. The van der Waals surface area contributed by atoms with E-state index in [9.17, 15) is 18.0 Å². The van der Waals surface area contributed by atoms with Crippen LogP contribution in [0.5, 0.6) is 0 Å². The Kier molecular flexibility index (Phi) is 5.44. The van der Waals surface area contributed by atoms with Gasteiger partial charge in [0.15, 0.2) is 0 Å². The Morgan fingerprint density at radius 1 is 1.28 bits per heavy atom. The lowest BCUT2D eigenvalue weighted by Gasteiger charge is -2.17.